The van der Waals surface area contributed by atoms with E-state index in [1.54, 1.807) is 6.07 Å². The molecule has 144 valence electrons. The molecule has 29 heavy (non-hydrogen) atoms. The Kier molecular flexibility index (Phi) is 6.14. The maximum absolute atomic E-state index is 6.29. The Bertz CT molecular complexity index is 1080. The molecule has 0 saturated carbocycles. The van der Waals surface area contributed by atoms with E-state index in [2.05, 4.69) is 29.3 Å². The van der Waals surface area contributed by atoms with E-state index in [1.165, 1.54) is 0 Å². The summed E-state index contributed by atoms with van der Waals surface area (Å²) in [6.45, 7) is 0.564. The van der Waals surface area contributed by atoms with Crippen molar-refractivity contribution in [2.75, 3.05) is 0 Å². The summed E-state index contributed by atoms with van der Waals surface area (Å²) in [7, 11) is 0. The second-order valence-corrected chi connectivity index (χ2v) is 7.54. The SMILES string of the molecule is Clc1ccc(C2=CCC(/C=C/c3ccc(OCc4ccccc4)cc3)=N2)c(Cl)c1. The van der Waals surface area contributed by atoms with E-state index < -0.39 is 0 Å². The van der Waals surface area contributed by atoms with Crippen molar-refractivity contribution in [2.45, 2.75) is 13.0 Å². The van der Waals surface area contributed by atoms with Crippen LogP contribution in [0.2, 0.25) is 10.0 Å². The molecule has 1 aliphatic heterocycles. The Morgan fingerprint density at radius 3 is 2.45 bits per heavy atom. The molecule has 0 aliphatic carbocycles. The lowest BCUT2D eigenvalue weighted by Crippen LogP contribution is -1.94. The summed E-state index contributed by atoms with van der Waals surface area (Å²) in [4.78, 5) is 4.68. The van der Waals surface area contributed by atoms with Crippen LogP contribution in [0.3, 0.4) is 0 Å². The first kappa shape index (κ1) is 19.5. The van der Waals surface area contributed by atoms with E-state index >= 15 is 0 Å². The topological polar surface area (TPSA) is 21.6 Å². The van der Waals surface area contributed by atoms with Crippen LogP contribution in [0.4, 0.5) is 0 Å². The highest BCUT2D eigenvalue weighted by Gasteiger charge is 2.11. The number of nitrogens with zero attached hydrogens (tertiary/aromatic N) is 1. The highest BCUT2D eigenvalue weighted by molar-refractivity contribution is 6.35. The van der Waals surface area contributed by atoms with E-state index in [4.69, 9.17) is 27.9 Å². The van der Waals surface area contributed by atoms with Gasteiger partial charge in [0.25, 0.3) is 0 Å². The third-order valence-electron chi connectivity index (χ3n) is 4.57. The van der Waals surface area contributed by atoms with Crippen molar-refractivity contribution in [3.05, 3.63) is 112 Å². The molecule has 3 aromatic carbocycles. The second-order valence-electron chi connectivity index (χ2n) is 6.70. The molecule has 2 nitrogen and oxygen atoms in total. The minimum absolute atomic E-state index is 0.564. The molecular formula is C25H19Cl2NO. The summed E-state index contributed by atoms with van der Waals surface area (Å²) in [6.07, 6.45) is 6.95. The maximum Gasteiger partial charge on any atom is 0.119 e. The molecule has 0 saturated heterocycles. The van der Waals surface area contributed by atoms with Crippen molar-refractivity contribution in [1.29, 1.82) is 0 Å². The third kappa shape index (κ3) is 5.17. The molecule has 0 unspecified atom stereocenters. The zero-order valence-corrected chi connectivity index (χ0v) is 17.2. The lowest BCUT2D eigenvalue weighted by molar-refractivity contribution is 0.306. The van der Waals surface area contributed by atoms with Gasteiger partial charge in [-0.15, -0.1) is 0 Å². The molecule has 0 bridgehead atoms. The lowest BCUT2D eigenvalue weighted by atomic mass is 10.1. The summed E-state index contributed by atoms with van der Waals surface area (Å²) in [5, 5.41) is 1.24. The number of hydrogen-bond acceptors (Lipinski definition) is 2. The van der Waals surface area contributed by atoms with Gasteiger partial charge in [-0.2, -0.15) is 0 Å². The highest BCUT2D eigenvalue weighted by atomic mass is 35.5. The molecule has 0 fully saturated rings. The largest absolute Gasteiger partial charge is 0.489 e. The van der Waals surface area contributed by atoms with Gasteiger partial charge >= 0.3 is 0 Å². The van der Waals surface area contributed by atoms with E-state index in [0.29, 0.717) is 16.7 Å². The van der Waals surface area contributed by atoms with Crippen LogP contribution in [0.5, 0.6) is 5.75 Å². The van der Waals surface area contributed by atoms with Crippen molar-refractivity contribution in [1.82, 2.24) is 0 Å². The summed E-state index contributed by atoms with van der Waals surface area (Å²) < 4.78 is 5.83. The van der Waals surface area contributed by atoms with Gasteiger partial charge in [0.15, 0.2) is 0 Å². The molecule has 0 amide bonds. The van der Waals surface area contributed by atoms with Gasteiger partial charge < -0.3 is 4.74 Å². The Morgan fingerprint density at radius 1 is 0.897 bits per heavy atom. The summed E-state index contributed by atoms with van der Waals surface area (Å²) >= 11 is 12.3. The predicted octanol–water partition coefficient (Wildman–Crippen LogP) is 7.47. The molecule has 0 radical (unpaired) electrons. The lowest BCUT2D eigenvalue weighted by Gasteiger charge is -2.06. The average molecular weight is 420 g/mol. The van der Waals surface area contributed by atoms with Crippen LogP contribution in [0, 0.1) is 0 Å². The van der Waals surface area contributed by atoms with Crippen molar-refractivity contribution in [3.63, 3.8) is 0 Å². The van der Waals surface area contributed by atoms with E-state index in [1.807, 2.05) is 60.7 Å². The predicted molar refractivity (Wildman–Crippen MR) is 123 cm³/mol. The van der Waals surface area contributed by atoms with E-state index in [9.17, 15) is 0 Å². The van der Waals surface area contributed by atoms with Crippen LogP contribution in [0.1, 0.15) is 23.1 Å². The molecule has 0 N–H and O–H groups in total. The second kappa shape index (κ2) is 9.13. The summed E-state index contributed by atoms with van der Waals surface area (Å²) in [6, 6.07) is 23.7. The van der Waals surface area contributed by atoms with Gasteiger partial charge in [0, 0.05) is 22.7 Å². The molecule has 1 heterocycles. The van der Waals surface area contributed by atoms with E-state index in [0.717, 1.165) is 40.3 Å². The van der Waals surface area contributed by atoms with Gasteiger partial charge in [-0.05, 0) is 47.5 Å². The first-order chi connectivity index (χ1) is 14.2. The first-order valence-electron chi connectivity index (χ1n) is 9.35. The van der Waals surface area contributed by atoms with Gasteiger partial charge in [-0.25, -0.2) is 0 Å². The van der Waals surface area contributed by atoms with Gasteiger partial charge in [0.1, 0.15) is 12.4 Å². The van der Waals surface area contributed by atoms with Crippen molar-refractivity contribution < 1.29 is 4.74 Å². The third-order valence-corrected chi connectivity index (χ3v) is 5.12. The van der Waals surface area contributed by atoms with Crippen molar-refractivity contribution in [2.24, 2.45) is 4.99 Å². The number of aliphatic imine (C=N–C) groups is 1. The number of rotatable bonds is 6. The van der Waals surface area contributed by atoms with Crippen LogP contribution < -0.4 is 4.74 Å². The number of benzene rings is 3. The minimum atomic E-state index is 0.564. The fraction of sp³-hybridized carbons (Fsp3) is 0.0800. The zero-order chi connectivity index (χ0) is 20.1. The molecule has 1 aliphatic rings. The van der Waals surface area contributed by atoms with Crippen LogP contribution in [0.15, 0.2) is 89.9 Å². The monoisotopic (exact) mass is 419 g/mol. The molecule has 4 heteroatoms. The molecule has 0 aromatic heterocycles. The zero-order valence-electron chi connectivity index (χ0n) is 15.7. The molecule has 0 atom stereocenters. The number of allylic oxidation sites excluding steroid dienone is 2. The van der Waals surface area contributed by atoms with Crippen LogP contribution in [-0.2, 0) is 6.61 Å². The smallest absolute Gasteiger partial charge is 0.119 e. The van der Waals surface area contributed by atoms with Crippen LogP contribution in [0.25, 0.3) is 11.8 Å². The highest BCUT2D eigenvalue weighted by Crippen LogP contribution is 2.31. The van der Waals surface area contributed by atoms with Crippen LogP contribution >= 0.6 is 23.2 Å². The van der Waals surface area contributed by atoms with E-state index in [-0.39, 0.29) is 0 Å². The Hall–Kier alpha value is -2.81. The fourth-order valence-electron chi connectivity index (χ4n) is 3.03. The van der Waals surface area contributed by atoms with Gasteiger partial charge in [0.05, 0.1) is 10.7 Å². The molecule has 0 spiro atoms. The average Bonchev–Trinajstić information content (AvgIpc) is 3.21. The van der Waals surface area contributed by atoms with Gasteiger partial charge in [-0.1, -0.05) is 77.8 Å². The Labute approximate surface area is 180 Å². The Balaban J connectivity index is 1.37. The number of hydrogen-bond donors (Lipinski definition) is 0. The van der Waals surface area contributed by atoms with Crippen molar-refractivity contribution in [3.8, 4) is 5.75 Å². The fourth-order valence-corrected chi connectivity index (χ4v) is 3.53. The first-order valence-corrected chi connectivity index (χ1v) is 10.1. The molecular weight excluding hydrogens is 401 g/mol. The quantitative estimate of drug-likeness (QED) is 0.405. The summed E-state index contributed by atoms with van der Waals surface area (Å²) in [5.41, 5.74) is 5.03. The molecule has 4 rings (SSSR count). The standard InChI is InChI=1S/C25H19Cl2NO/c26-20-9-14-23(24(27)16-20)25-15-11-21(28-25)10-6-18-7-12-22(13-8-18)29-17-19-4-2-1-3-5-19/h1-10,12-16H,11,17H2/b10-6+. The summed E-state index contributed by atoms with van der Waals surface area (Å²) in [5.74, 6) is 0.852. The van der Waals surface area contributed by atoms with Gasteiger partial charge in [-0.3, -0.25) is 4.99 Å². The Morgan fingerprint density at radius 2 is 1.69 bits per heavy atom. The minimum Gasteiger partial charge on any atom is -0.489 e. The maximum atomic E-state index is 6.29. The number of halogens is 2. The molecule has 3 aromatic rings. The van der Waals surface area contributed by atoms with Crippen molar-refractivity contribution >= 4 is 40.7 Å². The van der Waals surface area contributed by atoms with Crippen LogP contribution in [-0.4, -0.2) is 5.71 Å². The number of ether oxygens (including phenoxy) is 1. The van der Waals surface area contributed by atoms with Gasteiger partial charge in [0.2, 0.25) is 0 Å². The normalized spacial score (nSPS) is 13.4.